The minimum Gasteiger partial charge on any atom is -0.348 e. The summed E-state index contributed by atoms with van der Waals surface area (Å²) < 4.78 is 0. The van der Waals surface area contributed by atoms with Gasteiger partial charge in [0.15, 0.2) is 5.16 Å². The summed E-state index contributed by atoms with van der Waals surface area (Å²) in [5, 5.41) is 10.9. The van der Waals surface area contributed by atoms with Crippen molar-refractivity contribution in [3.8, 4) is 0 Å². The number of aromatic amines is 1. The number of carbonyl (C=O) groups is 1. The molecule has 0 aliphatic carbocycles. The Morgan fingerprint density at radius 3 is 2.67 bits per heavy atom. The van der Waals surface area contributed by atoms with E-state index in [1.165, 1.54) is 6.33 Å². The Kier molecular flexibility index (Phi) is 5.51. The molecule has 0 saturated heterocycles. The normalized spacial score (nSPS) is 10.5. The van der Waals surface area contributed by atoms with Crippen molar-refractivity contribution in [2.45, 2.75) is 17.5 Å². The van der Waals surface area contributed by atoms with Crippen molar-refractivity contribution in [1.82, 2.24) is 20.5 Å². The molecule has 24 heavy (non-hydrogen) atoms. The first kappa shape index (κ1) is 16.5. The molecule has 1 amide bonds. The number of nitrogens with zero attached hydrogens (tertiary/aromatic N) is 2. The fourth-order valence-corrected chi connectivity index (χ4v) is 3.02. The van der Waals surface area contributed by atoms with Crippen molar-refractivity contribution < 1.29 is 4.79 Å². The van der Waals surface area contributed by atoms with Crippen LogP contribution in [0.15, 0.2) is 60.0 Å². The fraction of sp³-hybridized carbons (Fsp3) is 0.118. The van der Waals surface area contributed by atoms with Gasteiger partial charge in [-0.2, -0.15) is 5.10 Å². The third-order valence-electron chi connectivity index (χ3n) is 3.38. The van der Waals surface area contributed by atoms with Crippen LogP contribution in [0.5, 0.6) is 0 Å². The molecule has 122 valence electrons. The van der Waals surface area contributed by atoms with E-state index in [4.69, 9.17) is 11.6 Å². The number of thioether (sulfide) groups is 1. The van der Waals surface area contributed by atoms with E-state index in [1.807, 2.05) is 48.5 Å². The lowest BCUT2D eigenvalue weighted by Gasteiger charge is -2.07. The van der Waals surface area contributed by atoms with Crippen LogP contribution in [0, 0.1) is 0 Å². The second-order valence-corrected chi connectivity index (χ2v) is 6.42. The summed E-state index contributed by atoms with van der Waals surface area (Å²) in [5.41, 5.74) is 2.63. The van der Waals surface area contributed by atoms with Gasteiger partial charge in [-0.1, -0.05) is 53.7 Å². The zero-order valence-electron chi connectivity index (χ0n) is 12.7. The quantitative estimate of drug-likeness (QED) is 0.659. The number of hydrogen-bond acceptors (Lipinski definition) is 4. The maximum atomic E-state index is 12.2. The van der Waals surface area contributed by atoms with E-state index in [9.17, 15) is 4.79 Å². The highest BCUT2D eigenvalue weighted by molar-refractivity contribution is 7.98. The standard InChI is InChI=1S/C17H15ClN4OS/c18-15-4-2-1-3-14(15)9-19-16(23)13-7-5-12(6-8-13)10-24-17-20-11-21-22-17/h1-8,11H,9-10H2,(H,19,23)(H,20,21,22). The number of H-pyrrole nitrogens is 1. The van der Waals surface area contributed by atoms with Gasteiger partial charge in [-0.3, -0.25) is 9.89 Å². The number of amides is 1. The number of benzene rings is 2. The minimum atomic E-state index is -0.121. The Labute approximate surface area is 148 Å². The highest BCUT2D eigenvalue weighted by Gasteiger charge is 2.07. The number of halogens is 1. The topological polar surface area (TPSA) is 70.7 Å². The second kappa shape index (κ2) is 7.99. The molecule has 0 saturated carbocycles. The number of rotatable bonds is 6. The molecule has 2 aromatic carbocycles. The number of aromatic nitrogens is 3. The highest BCUT2D eigenvalue weighted by atomic mass is 35.5. The van der Waals surface area contributed by atoms with Crippen molar-refractivity contribution in [3.05, 3.63) is 76.6 Å². The van der Waals surface area contributed by atoms with Gasteiger partial charge in [-0.15, -0.1) is 0 Å². The average Bonchev–Trinajstić information content (AvgIpc) is 3.13. The van der Waals surface area contributed by atoms with E-state index in [-0.39, 0.29) is 5.91 Å². The third kappa shape index (κ3) is 4.37. The van der Waals surface area contributed by atoms with Crippen molar-refractivity contribution in [3.63, 3.8) is 0 Å². The van der Waals surface area contributed by atoms with Gasteiger partial charge >= 0.3 is 0 Å². The lowest BCUT2D eigenvalue weighted by atomic mass is 10.1. The van der Waals surface area contributed by atoms with E-state index in [1.54, 1.807) is 11.8 Å². The van der Waals surface area contributed by atoms with Gasteiger partial charge in [-0.05, 0) is 29.3 Å². The summed E-state index contributed by atoms with van der Waals surface area (Å²) in [5.74, 6) is 0.640. The Morgan fingerprint density at radius 2 is 1.96 bits per heavy atom. The molecule has 0 bridgehead atoms. The highest BCUT2D eigenvalue weighted by Crippen LogP contribution is 2.19. The van der Waals surface area contributed by atoms with E-state index in [0.29, 0.717) is 17.1 Å². The second-order valence-electron chi connectivity index (χ2n) is 5.05. The molecule has 2 N–H and O–H groups in total. The van der Waals surface area contributed by atoms with Crippen LogP contribution in [0.1, 0.15) is 21.5 Å². The van der Waals surface area contributed by atoms with Crippen LogP contribution >= 0.6 is 23.4 Å². The molecule has 1 aromatic heterocycles. The van der Waals surface area contributed by atoms with Crippen molar-refractivity contribution in [2.75, 3.05) is 0 Å². The summed E-state index contributed by atoms with van der Waals surface area (Å²) in [6.45, 7) is 0.404. The number of carbonyl (C=O) groups excluding carboxylic acids is 1. The van der Waals surface area contributed by atoms with Crippen LogP contribution in [0.2, 0.25) is 5.02 Å². The van der Waals surface area contributed by atoms with Gasteiger partial charge in [0.25, 0.3) is 5.91 Å². The zero-order valence-corrected chi connectivity index (χ0v) is 14.3. The lowest BCUT2D eigenvalue weighted by Crippen LogP contribution is -2.22. The molecular weight excluding hydrogens is 344 g/mol. The van der Waals surface area contributed by atoms with Crippen LogP contribution in [0.4, 0.5) is 0 Å². The first-order valence-corrected chi connectivity index (χ1v) is 8.67. The molecule has 0 fully saturated rings. The molecule has 0 atom stereocenters. The first-order chi connectivity index (χ1) is 11.7. The predicted octanol–water partition coefficient (Wildman–Crippen LogP) is 3.68. The van der Waals surface area contributed by atoms with Gasteiger partial charge in [-0.25, -0.2) is 4.98 Å². The molecule has 1 heterocycles. The zero-order chi connectivity index (χ0) is 16.8. The van der Waals surface area contributed by atoms with Gasteiger partial charge in [0.05, 0.1) is 0 Å². The summed E-state index contributed by atoms with van der Waals surface area (Å²) in [6, 6.07) is 15.0. The largest absolute Gasteiger partial charge is 0.348 e. The Morgan fingerprint density at radius 1 is 1.17 bits per heavy atom. The molecule has 3 rings (SSSR count). The molecule has 0 spiro atoms. The van der Waals surface area contributed by atoms with Gasteiger partial charge in [0.2, 0.25) is 0 Å². The molecule has 5 nitrogen and oxygen atoms in total. The molecule has 3 aromatic rings. The first-order valence-electron chi connectivity index (χ1n) is 7.31. The summed E-state index contributed by atoms with van der Waals surface area (Å²) in [4.78, 5) is 16.3. The number of nitrogens with one attached hydrogen (secondary N) is 2. The third-order valence-corrected chi connectivity index (χ3v) is 4.70. The number of hydrogen-bond donors (Lipinski definition) is 2. The van der Waals surface area contributed by atoms with Crippen LogP contribution < -0.4 is 5.32 Å². The van der Waals surface area contributed by atoms with E-state index in [2.05, 4.69) is 20.5 Å². The van der Waals surface area contributed by atoms with Gasteiger partial charge in [0.1, 0.15) is 6.33 Å². The molecule has 0 aliphatic rings. The van der Waals surface area contributed by atoms with Crippen molar-refractivity contribution in [1.29, 1.82) is 0 Å². The fourth-order valence-electron chi connectivity index (χ4n) is 2.09. The van der Waals surface area contributed by atoms with Crippen LogP contribution in [0.3, 0.4) is 0 Å². The Balaban J connectivity index is 1.54. The summed E-state index contributed by atoms with van der Waals surface area (Å²) in [7, 11) is 0. The monoisotopic (exact) mass is 358 g/mol. The van der Waals surface area contributed by atoms with Crippen LogP contribution in [0.25, 0.3) is 0 Å². The SMILES string of the molecule is O=C(NCc1ccccc1Cl)c1ccc(CSc2ncn[nH]2)cc1. The van der Waals surface area contributed by atoms with E-state index in [0.717, 1.165) is 22.0 Å². The van der Waals surface area contributed by atoms with Gasteiger partial charge in [0, 0.05) is 22.9 Å². The molecule has 0 radical (unpaired) electrons. The molecular formula is C17H15ClN4OS. The summed E-state index contributed by atoms with van der Waals surface area (Å²) in [6.07, 6.45) is 1.48. The average molecular weight is 359 g/mol. The summed E-state index contributed by atoms with van der Waals surface area (Å²) >= 11 is 7.65. The maximum absolute atomic E-state index is 12.2. The molecule has 0 aliphatic heterocycles. The van der Waals surface area contributed by atoms with Crippen LogP contribution in [-0.4, -0.2) is 21.1 Å². The van der Waals surface area contributed by atoms with Crippen LogP contribution in [-0.2, 0) is 12.3 Å². The Hall–Kier alpha value is -2.31. The lowest BCUT2D eigenvalue weighted by molar-refractivity contribution is 0.0951. The van der Waals surface area contributed by atoms with Gasteiger partial charge < -0.3 is 5.32 Å². The van der Waals surface area contributed by atoms with Crippen molar-refractivity contribution in [2.24, 2.45) is 0 Å². The van der Waals surface area contributed by atoms with Crippen molar-refractivity contribution >= 4 is 29.3 Å². The Bertz CT molecular complexity index is 806. The maximum Gasteiger partial charge on any atom is 0.251 e. The predicted molar refractivity (Wildman–Crippen MR) is 95.0 cm³/mol. The van der Waals surface area contributed by atoms with E-state index < -0.39 is 0 Å². The molecule has 0 unspecified atom stereocenters. The van der Waals surface area contributed by atoms with E-state index >= 15 is 0 Å². The smallest absolute Gasteiger partial charge is 0.251 e. The molecule has 7 heteroatoms. The minimum absolute atomic E-state index is 0.121.